The molecule has 1 aromatic carbocycles. The van der Waals surface area contributed by atoms with Gasteiger partial charge in [-0.3, -0.25) is 10.1 Å². The van der Waals surface area contributed by atoms with Gasteiger partial charge < -0.3 is 4.42 Å². The Bertz CT molecular complexity index is 692. The Hall–Kier alpha value is -1.31. The lowest BCUT2D eigenvalue weighted by molar-refractivity contribution is -0.384. The van der Waals surface area contributed by atoms with Crippen molar-refractivity contribution in [2.75, 3.05) is 5.75 Å². The van der Waals surface area contributed by atoms with Gasteiger partial charge in [0.25, 0.3) is 10.9 Å². The second-order valence-corrected chi connectivity index (χ2v) is 7.17. The van der Waals surface area contributed by atoms with Gasteiger partial charge in [0, 0.05) is 29.4 Å². The smallest absolute Gasteiger partial charge is 0.276 e. The molecule has 1 aliphatic rings. The summed E-state index contributed by atoms with van der Waals surface area (Å²) in [5.74, 6) is 1.17. The number of hydrogen-bond donors (Lipinski definition) is 0. The molecule has 21 heavy (non-hydrogen) atoms. The molecule has 1 atom stereocenters. The third-order valence-electron chi connectivity index (χ3n) is 3.07. The van der Waals surface area contributed by atoms with E-state index in [-0.39, 0.29) is 17.5 Å². The van der Waals surface area contributed by atoms with Crippen LogP contribution in [0.25, 0.3) is 11.5 Å². The van der Waals surface area contributed by atoms with Gasteiger partial charge in [0.1, 0.15) is 4.33 Å². The van der Waals surface area contributed by atoms with Crippen molar-refractivity contribution >= 4 is 40.7 Å². The molecule has 0 radical (unpaired) electrons. The molecule has 1 heterocycles. The molecule has 1 fully saturated rings. The summed E-state index contributed by atoms with van der Waals surface area (Å²) in [5, 5.41) is 18.9. The molecule has 6 nitrogen and oxygen atoms in total. The average Bonchev–Trinajstić information content (AvgIpc) is 2.88. The van der Waals surface area contributed by atoms with E-state index in [2.05, 4.69) is 10.2 Å². The van der Waals surface area contributed by atoms with Crippen LogP contribution in [-0.2, 0) is 0 Å². The van der Waals surface area contributed by atoms with Crippen LogP contribution in [0, 0.1) is 16.0 Å². The van der Waals surface area contributed by atoms with Crippen LogP contribution in [-0.4, -0.2) is 25.2 Å². The van der Waals surface area contributed by atoms with Gasteiger partial charge in [0.05, 0.1) is 4.92 Å². The van der Waals surface area contributed by atoms with Crippen LogP contribution in [0.15, 0.2) is 33.9 Å². The maximum atomic E-state index is 10.7. The van der Waals surface area contributed by atoms with Gasteiger partial charge in [-0.25, -0.2) is 0 Å². The van der Waals surface area contributed by atoms with Crippen molar-refractivity contribution in [3.63, 3.8) is 0 Å². The maximum Gasteiger partial charge on any atom is 0.276 e. The third-order valence-corrected chi connectivity index (χ3v) is 4.98. The van der Waals surface area contributed by atoms with Gasteiger partial charge in [0.2, 0.25) is 5.89 Å². The SMILES string of the molecule is O=[N+]([O-])c1cccc(-c2nnc(SC[C@H]3CC3(Cl)Cl)o2)c1. The molecule has 0 saturated heterocycles. The number of alkyl halides is 2. The molecule has 2 aromatic rings. The molecule has 1 aromatic heterocycles. The first-order valence-electron chi connectivity index (χ1n) is 6.05. The van der Waals surface area contributed by atoms with E-state index in [9.17, 15) is 10.1 Å². The predicted molar refractivity (Wildman–Crippen MR) is 79.7 cm³/mol. The number of nitro benzene ring substituents is 1. The van der Waals surface area contributed by atoms with E-state index in [4.69, 9.17) is 27.6 Å². The number of benzene rings is 1. The molecule has 0 unspecified atom stereocenters. The lowest BCUT2D eigenvalue weighted by Gasteiger charge is -1.97. The quantitative estimate of drug-likeness (QED) is 0.353. The topological polar surface area (TPSA) is 82.1 Å². The van der Waals surface area contributed by atoms with Gasteiger partial charge in [-0.2, -0.15) is 0 Å². The first-order valence-corrected chi connectivity index (χ1v) is 7.79. The van der Waals surface area contributed by atoms with E-state index in [0.29, 0.717) is 16.5 Å². The Kier molecular flexibility index (Phi) is 3.81. The third kappa shape index (κ3) is 3.30. The second kappa shape index (κ2) is 5.47. The fourth-order valence-corrected chi connectivity index (χ4v) is 3.45. The normalized spacial score (nSPS) is 19.4. The molecule has 0 bridgehead atoms. The molecule has 1 saturated carbocycles. The fraction of sp³-hybridized carbons (Fsp3) is 0.333. The average molecular weight is 346 g/mol. The second-order valence-electron chi connectivity index (χ2n) is 4.65. The van der Waals surface area contributed by atoms with E-state index in [1.54, 1.807) is 12.1 Å². The summed E-state index contributed by atoms with van der Waals surface area (Å²) in [4.78, 5) is 10.3. The van der Waals surface area contributed by atoms with Gasteiger partial charge in [-0.1, -0.05) is 17.8 Å². The van der Waals surface area contributed by atoms with Crippen LogP contribution in [0.3, 0.4) is 0 Å². The largest absolute Gasteiger partial charge is 0.411 e. The van der Waals surface area contributed by atoms with E-state index < -0.39 is 9.26 Å². The maximum absolute atomic E-state index is 10.7. The van der Waals surface area contributed by atoms with Crippen LogP contribution in [0.4, 0.5) is 5.69 Å². The minimum absolute atomic E-state index is 0.0213. The van der Waals surface area contributed by atoms with Gasteiger partial charge >= 0.3 is 0 Å². The Morgan fingerprint density at radius 1 is 1.48 bits per heavy atom. The van der Waals surface area contributed by atoms with Gasteiger partial charge in [-0.15, -0.1) is 33.4 Å². The van der Waals surface area contributed by atoms with Crippen molar-refractivity contribution < 1.29 is 9.34 Å². The van der Waals surface area contributed by atoms with E-state index in [0.717, 1.165) is 6.42 Å². The lowest BCUT2D eigenvalue weighted by Crippen LogP contribution is -1.92. The van der Waals surface area contributed by atoms with Crippen molar-refractivity contribution in [2.24, 2.45) is 5.92 Å². The minimum atomic E-state index is -0.629. The van der Waals surface area contributed by atoms with E-state index in [1.807, 2.05) is 0 Å². The zero-order valence-corrected chi connectivity index (χ0v) is 12.9. The number of aromatic nitrogens is 2. The molecular formula is C12H9Cl2N3O3S. The standard InChI is InChI=1S/C12H9Cl2N3O3S/c13-12(14)5-8(12)6-21-11-16-15-10(20-11)7-2-1-3-9(4-7)17(18)19/h1-4,8H,5-6H2/t8-/m1/s1. The molecule has 1 aliphatic carbocycles. The molecule has 3 rings (SSSR count). The zero-order chi connectivity index (χ0) is 15.0. The highest BCUT2D eigenvalue weighted by Crippen LogP contribution is 2.54. The van der Waals surface area contributed by atoms with Crippen molar-refractivity contribution in [3.05, 3.63) is 34.4 Å². The van der Waals surface area contributed by atoms with Crippen molar-refractivity contribution in [1.82, 2.24) is 10.2 Å². The number of nitrogens with zero attached hydrogens (tertiary/aromatic N) is 3. The predicted octanol–water partition coefficient (Wildman–Crippen LogP) is 3.93. The number of non-ortho nitro benzene ring substituents is 1. The minimum Gasteiger partial charge on any atom is -0.411 e. The van der Waals surface area contributed by atoms with Gasteiger partial charge in [-0.05, 0) is 12.5 Å². The number of nitro groups is 1. The zero-order valence-electron chi connectivity index (χ0n) is 10.5. The van der Waals surface area contributed by atoms with Crippen LogP contribution in [0.2, 0.25) is 0 Å². The fourth-order valence-electron chi connectivity index (χ4n) is 1.76. The van der Waals surface area contributed by atoms with Gasteiger partial charge in [0.15, 0.2) is 0 Å². The van der Waals surface area contributed by atoms with Crippen LogP contribution in [0.1, 0.15) is 6.42 Å². The first kappa shape index (κ1) is 14.6. The monoisotopic (exact) mass is 345 g/mol. The van der Waals surface area contributed by atoms with Crippen LogP contribution in [0.5, 0.6) is 0 Å². The van der Waals surface area contributed by atoms with Crippen molar-refractivity contribution in [2.45, 2.75) is 16.0 Å². The summed E-state index contributed by atoms with van der Waals surface area (Å²) >= 11 is 13.3. The lowest BCUT2D eigenvalue weighted by atomic mass is 10.2. The number of thioether (sulfide) groups is 1. The summed E-state index contributed by atoms with van der Waals surface area (Å²) in [7, 11) is 0. The molecule has 9 heteroatoms. The molecule has 0 N–H and O–H groups in total. The van der Waals surface area contributed by atoms with E-state index in [1.165, 1.54) is 23.9 Å². The Balaban J connectivity index is 1.70. The Labute approximate surface area is 134 Å². The van der Waals surface area contributed by atoms with Crippen LogP contribution >= 0.6 is 35.0 Å². The molecule has 110 valence electrons. The Morgan fingerprint density at radius 2 is 2.24 bits per heavy atom. The summed E-state index contributed by atoms with van der Waals surface area (Å²) in [6, 6.07) is 6.05. The van der Waals surface area contributed by atoms with E-state index >= 15 is 0 Å². The Morgan fingerprint density at radius 3 is 2.90 bits per heavy atom. The highest BCUT2D eigenvalue weighted by Gasteiger charge is 2.51. The molecule has 0 spiro atoms. The summed E-state index contributed by atoms with van der Waals surface area (Å²) < 4.78 is 4.85. The summed E-state index contributed by atoms with van der Waals surface area (Å²) in [5.41, 5.74) is 0.492. The molecule has 0 aliphatic heterocycles. The highest BCUT2D eigenvalue weighted by molar-refractivity contribution is 7.99. The highest BCUT2D eigenvalue weighted by atomic mass is 35.5. The molecular weight excluding hydrogens is 337 g/mol. The number of halogens is 2. The summed E-state index contributed by atoms with van der Waals surface area (Å²) in [6.45, 7) is 0. The van der Waals surface area contributed by atoms with Crippen molar-refractivity contribution in [3.8, 4) is 11.5 Å². The molecule has 0 amide bonds. The first-order chi connectivity index (χ1) is 9.95. The summed E-state index contributed by atoms with van der Waals surface area (Å²) in [6.07, 6.45) is 0.759. The number of rotatable bonds is 5. The number of hydrogen-bond acceptors (Lipinski definition) is 6. The van der Waals surface area contributed by atoms with Crippen LogP contribution < -0.4 is 0 Å². The van der Waals surface area contributed by atoms with Crippen molar-refractivity contribution in [1.29, 1.82) is 0 Å².